The molecule has 0 amide bonds. The van der Waals surface area contributed by atoms with Crippen LogP contribution in [0.3, 0.4) is 0 Å². The number of guanidine groups is 1. The molecule has 2 N–H and O–H groups in total. The highest BCUT2D eigenvalue weighted by Gasteiger charge is 2.28. The van der Waals surface area contributed by atoms with Gasteiger partial charge in [-0.25, -0.2) is 8.42 Å². The van der Waals surface area contributed by atoms with Crippen molar-refractivity contribution in [2.45, 2.75) is 38.8 Å². The molecule has 1 unspecified atom stereocenters. The van der Waals surface area contributed by atoms with E-state index in [0.29, 0.717) is 18.9 Å². The summed E-state index contributed by atoms with van der Waals surface area (Å²) in [4.78, 5) is 4.17. The molecular weight excluding hydrogens is 326 g/mol. The van der Waals surface area contributed by atoms with E-state index in [2.05, 4.69) is 22.5 Å². The Hall–Kier alpha value is -1.76. The Morgan fingerprint density at radius 2 is 2.25 bits per heavy atom. The van der Waals surface area contributed by atoms with E-state index < -0.39 is 9.84 Å². The van der Waals surface area contributed by atoms with Gasteiger partial charge in [-0.15, -0.1) is 0 Å². The lowest BCUT2D eigenvalue weighted by Crippen LogP contribution is -2.43. The van der Waals surface area contributed by atoms with E-state index in [1.807, 2.05) is 24.3 Å². The van der Waals surface area contributed by atoms with Crippen LogP contribution in [0.2, 0.25) is 0 Å². The molecule has 0 spiro atoms. The van der Waals surface area contributed by atoms with Gasteiger partial charge in [0.05, 0.1) is 18.1 Å². The molecule has 1 aromatic rings. The molecule has 0 aliphatic carbocycles. The summed E-state index contributed by atoms with van der Waals surface area (Å²) >= 11 is 0. The van der Waals surface area contributed by atoms with Crippen LogP contribution < -0.4 is 15.4 Å². The molecule has 24 heavy (non-hydrogen) atoms. The van der Waals surface area contributed by atoms with Crippen LogP contribution in [-0.2, 0) is 16.4 Å². The molecule has 0 bridgehead atoms. The fourth-order valence-electron chi connectivity index (χ4n) is 2.56. The van der Waals surface area contributed by atoms with Gasteiger partial charge in [0, 0.05) is 19.6 Å². The van der Waals surface area contributed by atoms with Crippen molar-refractivity contribution < 1.29 is 13.2 Å². The fraction of sp³-hybridized carbons (Fsp3) is 0.588. The van der Waals surface area contributed by atoms with Crippen molar-refractivity contribution >= 4 is 15.8 Å². The molecule has 7 heteroatoms. The molecule has 1 atom stereocenters. The first-order valence-corrected chi connectivity index (χ1v) is 10.2. The Kier molecular flexibility index (Phi) is 6.90. The van der Waals surface area contributed by atoms with Crippen molar-refractivity contribution in [3.63, 3.8) is 0 Å². The Morgan fingerprint density at radius 3 is 2.92 bits per heavy atom. The van der Waals surface area contributed by atoms with Crippen LogP contribution in [0.4, 0.5) is 0 Å². The van der Waals surface area contributed by atoms with Crippen molar-refractivity contribution in [3.8, 4) is 5.75 Å². The van der Waals surface area contributed by atoms with E-state index in [1.54, 1.807) is 7.05 Å². The lowest BCUT2D eigenvalue weighted by Gasteiger charge is -2.16. The van der Waals surface area contributed by atoms with Gasteiger partial charge in [0.1, 0.15) is 5.75 Å². The molecule has 1 aliphatic rings. The number of nitrogens with zero attached hydrogens (tertiary/aromatic N) is 1. The fourth-order valence-corrected chi connectivity index (χ4v) is 4.24. The Labute approximate surface area is 144 Å². The van der Waals surface area contributed by atoms with Crippen molar-refractivity contribution in [1.29, 1.82) is 0 Å². The number of ether oxygens (including phenoxy) is 1. The van der Waals surface area contributed by atoms with Crippen LogP contribution in [-0.4, -0.2) is 45.6 Å². The minimum absolute atomic E-state index is 0.0649. The van der Waals surface area contributed by atoms with Gasteiger partial charge in [0.2, 0.25) is 0 Å². The molecule has 134 valence electrons. The monoisotopic (exact) mass is 353 g/mol. The number of nitrogens with one attached hydrogen (secondary N) is 2. The zero-order valence-corrected chi connectivity index (χ0v) is 15.2. The van der Waals surface area contributed by atoms with E-state index in [-0.39, 0.29) is 17.5 Å². The second kappa shape index (κ2) is 8.92. The van der Waals surface area contributed by atoms with Crippen LogP contribution in [0, 0.1) is 0 Å². The lowest BCUT2D eigenvalue weighted by molar-refractivity contribution is 0.309. The first-order chi connectivity index (χ1) is 11.5. The largest absolute Gasteiger partial charge is 0.494 e. The second-order valence-electron chi connectivity index (χ2n) is 6.02. The Morgan fingerprint density at radius 1 is 1.42 bits per heavy atom. The van der Waals surface area contributed by atoms with Crippen molar-refractivity contribution in [2.75, 3.05) is 25.2 Å². The molecule has 1 aromatic carbocycles. The maximum atomic E-state index is 11.5. The van der Waals surface area contributed by atoms with Gasteiger partial charge >= 0.3 is 0 Å². The molecule has 0 aromatic heterocycles. The highest BCUT2D eigenvalue weighted by atomic mass is 32.2. The van der Waals surface area contributed by atoms with Crippen LogP contribution in [0.15, 0.2) is 29.3 Å². The number of benzene rings is 1. The van der Waals surface area contributed by atoms with Gasteiger partial charge in [-0.05, 0) is 30.5 Å². The summed E-state index contributed by atoms with van der Waals surface area (Å²) in [5.41, 5.74) is 1.09. The van der Waals surface area contributed by atoms with E-state index in [4.69, 9.17) is 4.74 Å². The molecule has 2 rings (SSSR count). The molecule has 6 nitrogen and oxygen atoms in total. The van der Waals surface area contributed by atoms with Crippen molar-refractivity contribution in [3.05, 3.63) is 29.8 Å². The normalized spacial score (nSPS) is 19.9. The smallest absolute Gasteiger partial charge is 0.191 e. The summed E-state index contributed by atoms with van der Waals surface area (Å²) < 4.78 is 28.8. The maximum absolute atomic E-state index is 11.5. The molecule has 1 heterocycles. The van der Waals surface area contributed by atoms with Crippen molar-refractivity contribution in [1.82, 2.24) is 10.6 Å². The predicted octanol–water partition coefficient (Wildman–Crippen LogP) is 1.72. The number of aliphatic imine (C=N–C) groups is 1. The van der Waals surface area contributed by atoms with Crippen LogP contribution in [0.1, 0.15) is 31.7 Å². The molecule has 1 fully saturated rings. The highest BCUT2D eigenvalue weighted by Crippen LogP contribution is 2.14. The second-order valence-corrected chi connectivity index (χ2v) is 8.25. The SMILES string of the molecule is CCCCOc1cccc(CNC(=NC)NC2CCS(=O)(=O)C2)c1. The summed E-state index contributed by atoms with van der Waals surface area (Å²) in [6, 6.07) is 7.89. The van der Waals surface area contributed by atoms with Crippen LogP contribution in [0.25, 0.3) is 0 Å². The highest BCUT2D eigenvalue weighted by molar-refractivity contribution is 7.91. The van der Waals surface area contributed by atoms with Crippen LogP contribution in [0.5, 0.6) is 5.75 Å². The van der Waals surface area contributed by atoms with E-state index in [1.165, 1.54) is 0 Å². The lowest BCUT2D eigenvalue weighted by atomic mass is 10.2. The molecule has 1 saturated heterocycles. The summed E-state index contributed by atoms with van der Waals surface area (Å²) in [6.07, 6.45) is 2.78. The third-order valence-electron chi connectivity index (χ3n) is 3.92. The average Bonchev–Trinajstić information content (AvgIpc) is 2.91. The Balaban J connectivity index is 1.83. The van der Waals surface area contributed by atoms with Gasteiger partial charge in [0.25, 0.3) is 0 Å². The summed E-state index contributed by atoms with van der Waals surface area (Å²) in [5.74, 6) is 1.91. The molecule has 0 radical (unpaired) electrons. The molecular formula is C17H27N3O3S. The number of hydrogen-bond acceptors (Lipinski definition) is 4. The Bertz CT molecular complexity index is 659. The van der Waals surface area contributed by atoms with Gasteiger partial charge < -0.3 is 15.4 Å². The summed E-state index contributed by atoms with van der Waals surface area (Å²) in [7, 11) is -1.21. The van der Waals surface area contributed by atoms with Crippen LogP contribution >= 0.6 is 0 Å². The maximum Gasteiger partial charge on any atom is 0.191 e. The van der Waals surface area contributed by atoms with Gasteiger partial charge in [0.15, 0.2) is 15.8 Å². The average molecular weight is 353 g/mol. The topological polar surface area (TPSA) is 79.8 Å². The van der Waals surface area contributed by atoms with Crippen molar-refractivity contribution in [2.24, 2.45) is 4.99 Å². The molecule has 1 aliphatic heterocycles. The standard InChI is InChI=1S/C17H27N3O3S/c1-3-4-9-23-16-7-5-6-14(11-16)12-19-17(18-2)20-15-8-10-24(21,22)13-15/h5-7,11,15H,3-4,8-10,12-13H2,1-2H3,(H2,18,19,20). The third-order valence-corrected chi connectivity index (χ3v) is 5.69. The van der Waals surface area contributed by atoms with Gasteiger partial charge in [-0.2, -0.15) is 0 Å². The quantitative estimate of drug-likeness (QED) is 0.443. The zero-order valence-electron chi connectivity index (χ0n) is 14.4. The summed E-state index contributed by atoms with van der Waals surface area (Å²) in [5, 5.41) is 6.40. The van der Waals surface area contributed by atoms with Gasteiger partial charge in [-0.1, -0.05) is 25.5 Å². The first-order valence-electron chi connectivity index (χ1n) is 8.42. The minimum Gasteiger partial charge on any atom is -0.494 e. The van der Waals surface area contributed by atoms with E-state index >= 15 is 0 Å². The minimum atomic E-state index is -2.89. The molecule has 0 saturated carbocycles. The first kappa shape index (κ1) is 18.6. The van der Waals surface area contributed by atoms with Gasteiger partial charge in [-0.3, -0.25) is 4.99 Å². The number of rotatable bonds is 7. The van der Waals surface area contributed by atoms with E-state index in [0.717, 1.165) is 30.8 Å². The summed E-state index contributed by atoms with van der Waals surface area (Å²) in [6.45, 7) is 3.47. The number of sulfone groups is 1. The number of hydrogen-bond donors (Lipinski definition) is 2. The zero-order chi connectivity index (χ0) is 17.4. The van der Waals surface area contributed by atoms with E-state index in [9.17, 15) is 8.42 Å². The predicted molar refractivity (Wildman–Crippen MR) is 97.2 cm³/mol. The third kappa shape index (κ3) is 6.03. The number of unbranched alkanes of at least 4 members (excludes halogenated alkanes) is 1.